The van der Waals surface area contributed by atoms with E-state index < -0.39 is 0 Å². The van der Waals surface area contributed by atoms with Gasteiger partial charge in [-0.15, -0.1) is 0 Å². The Labute approximate surface area is 68.6 Å². The zero-order valence-corrected chi connectivity index (χ0v) is 6.32. The molecule has 0 aromatic carbocycles. The van der Waals surface area contributed by atoms with Crippen molar-refractivity contribution in [3.63, 3.8) is 0 Å². The van der Waals surface area contributed by atoms with E-state index in [4.69, 9.17) is 17.1 Å². The van der Waals surface area contributed by atoms with E-state index in [1.807, 2.05) is 0 Å². The van der Waals surface area contributed by atoms with Crippen molar-refractivity contribution in [1.29, 1.82) is 0 Å². The van der Waals surface area contributed by atoms with Crippen molar-refractivity contribution < 1.29 is 9.58 Å². The van der Waals surface area contributed by atoms with E-state index in [0.717, 1.165) is 6.29 Å². The first-order chi connectivity index (χ1) is 5.27. The summed E-state index contributed by atoms with van der Waals surface area (Å²) in [5.41, 5.74) is 8.67. The highest BCUT2D eigenvalue weighted by Crippen LogP contribution is 2.18. The molecular weight excluding hydrogens is 164 g/mol. The predicted octanol–water partition coefficient (Wildman–Crippen LogP) is 1.16. The summed E-state index contributed by atoms with van der Waals surface area (Å²) in [7, 11) is 0. The first-order valence-electron chi connectivity index (χ1n) is 3.00. The van der Waals surface area contributed by atoms with E-state index in [-0.39, 0.29) is 5.92 Å². The monoisotopic (exact) mass is 168 g/mol. The topological polar surface area (TPSA) is 53.5 Å². The van der Waals surface area contributed by atoms with Gasteiger partial charge in [-0.25, -0.2) is 0 Å². The number of allylic oxidation sites excluding steroid dienone is 4. The molecular formula is C7H5ClN2O. The van der Waals surface area contributed by atoms with Crippen LogP contribution in [0.2, 0.25) is 0 Å². The summed E-state index contributed by atoms with van der Waals surface area (Å²) in [5.74, 6) is -0.387. The Morgan fingerprint density at radius 3 is 2.91 bits per heavy atom. The molecule has 56 valence electrons. The van der Waals surface area contributed by atoms with Crippen LogP contribution in [0.15, 0.2) is 23.3 Å². The van der Waals surface area contributed by atoms with Crippen LogP contribution in [0.3, 0.4) is 0 Å². The van der Waals surface area contributed by atoms with E-state index in [9.17, 15) is 4.79 Å². The maximum absolute atomic E-state index is 10.3. The molecule has 3 nitrogen and oxygen atoms in total. The van der Waals surface area contributed by atoms with Crippen molar-refractivity contribution in [2.75, 3.05) is 0 Å². The largest absolute Gasteiger partial charge is 0.361 e. The number of carbonyl (C=O) groups excluding carboxylic acids is 1. The molecule has 0 saturated heterocycles. The van der Waals surface area contributed by atoms with Crippen molar-refractivity contribution in [2.45, 2.75) is 0 Å². The third-order valence-corrected chi connectivity index (χ3v) is 1.70. The van der Waals surface area contributed by atoms with E-state index in [1.165, 1.54) is 12.2 Å². The molecule has 0 amide bonds. The van der Waals surface area contributed by atoms with Crippen LogP contribution in [0.5, 0.6) is 0 Å². The molecule has 0 saturated carbocycles. The first-order valence-corrected chi connectivity index (χ1v) is 3.38. The quantitative estimate of drug-likeness (QED) is 0.329. The third kappa shape index (κ3) is 1.64. The average molecular weight is 169 g/mol. The number of hydrogen-bond donors (Lipinski definition) is 0. The number of hydrogen-bond acceptors (Lipinski definition) is 1. The summed E-state index contributed by atoms with van der Waals surface area (Å²) in [6.07, 6.45) is 5.28. The Hall–Kier alpha value is -1.18. The Balaban J connectivity index is 2.96. The van der Waals surface area contributed by atoms with E-state index in [2.05, 4.69) is 4.79 Å². The van der Waals surface area contributed by atoms with Crippen LogP contribution in [0.4, 0.5) is 0 Å². The standard InChI is InChI=1S/C7H5ClN2O/c8-7-3-6(10-9)2-1-5(7)4-11/h1-5H. The summed E-state index contributed by atoms with van der Waals surface area (Å²) >= 11 is 5.64. The summed E-state index contributed by atoms with van der Waals surface area (Å²) in [4.78, 5) is 13.2. The molecule has 0 aromatic heterocycles. The zero-order valence-electron chi connectivity index (χ0n) is 5.57. The van der Waals surface area contributed by atoms with Crippen LogP contribution in [0.1, 0.15) is 0 Å². The number of halogens is 1. The van der Waals surface area contributed by atoms with Crippen molar-refractivity contribution in [3.05, 3.63) is 28.8 Å². The smallest absolute Gasteiger partial charge is 0.316 e. The lowest BCUT2D eigenvalue weighted by Crippen LogP contribution is -2.06. The number of rotatable bonds is 1. The van der Waals surface area contributed by atoms with Gasteiger partial charge < -0.3 is 10.3 Å². The van der Waals surface area contributed by atoms with Crippen molar-refractivity contribution in [1.82, 2.24) is 0 Å². The molecule has 4 heteroatoms. The van der Waals surface area contributed by atoms with Crippen molar-refractivity contribution in [2.24, 2.45) is 5.92 Å². The molecule has 1 atom stereocenters. The zero-order chi connectivity index (χ0) is 8.27. The lowest BCUT2D eigenvalue weighted by atomic mass is 10.0. The van der Waals surface area contributed by atoms with E-state index in [1.54, 1.807) is 6.08 Å². The highest BCUT2D eigenvalue weighted by molar-refractivity contribution is 6.33. The van der Waals surface area contributed by atoms with Crippen LogP contribution in [-0.2, 0) is 4.79 Å². The fourth-order valence-electron chi connectivity index (χ4n) is 0.752. The van der Waals surface area contributed by atoms with Gasteiger partial charge in [-0.05, 0) is 0 Å². The molecule has 0 N–H and O–H groups in total. The summed E-state index contributed by atoms with van der Waals surface area (Å²) in [5, 5.41) is 0.371. The van der Waals surface area contributed by atoms with Crippen LogP contribution >= 0.6 is 11.6 Å². The molecule has 1 rings (SSSR count). The summed E-state index contributed by atoms with van der Waals surface area (Å²) < 4.78 is 0. The van der Waals surface area contributed by atoms with Crippen molar-refractivity contribution in [3.8, 4) is 0 Å². The van der Waals surface area contributed by atoms with Crippen LogP contribution in [0, 0.1) is 5.92 Å². The first kappa shape index (κ1) is 7.92. The second-order valence-corrected chi connectivity index (χ2v) is 2.51. The van der Waals surface area contributed by atoms with Crippen LogP contribution in [-0.4, -0.2) is 16.8 Å². The van der Waals surface area contributed by atoms with E-state index >= 15 is 0 Å². The highest BCUT2D eigenvalue weighted by atomic mass is 35.5. The van der Waals surface area contributed by atoms with Gasteiger partial charge in [-0.3, -0.25) is 0 Å². The van der Waals surface area contributed by atoms with Gasteiger partial charge in [0.05, 0.1) is 5.92 Å². The Morgan fingerprint density at radius 1 is 1.73 bits per heavy atom. The number of carbonyl (C=O) groups is 1. The van der Waals surface area contributed by atoms with E-state index in [0.29, 0.717) is 10.7 Å². The van der Waals surface area contributed by atoms with Crippen LogP contribution in [0.25, 0.3) is 5.53 Å². The fraction of sp³-hybridized carbons (Fsp3) is 0.143. The highest BCUT2D eigenvalue weighted by Gasteiger charge is 2.15. The summed E-state index contributed by atoms with van der Waals surface area (Å²) in [6.45, 7) is 0. The second kappa shape index (κ2) is 3.28. The molecule has 0 spiro atoms. The van der Waals surface area contributed by atoms with Gasteiger partial charge in [0.15, 0.2) is 0 Å². The molecule has 0 aromatic rings. The lowest BCUT2D eigenvalue weighted by Gasteiger charge is -2.03. The molecule has 0 aliphatic heterocycles. The normalized spacial score (nSPS) is 22.5. The van der Waals surface area contributed by atoms with Gasteiger partial charge >= 0.3 is 5.71 Å². The lowest BCUT2D eigenvalue weighted by molar-refractivity contribution is -0.109. The van der Waals surface area contributed by atoms with Gasteiger partial charge in [-0.2, -0.15) is 4.79 Å². The van der Waals surface area contributed by atoms with Crippen molar-refractivity contribution >= 4 is 23.6 Å². The van der Waals surface area contributed by atoms with Gasteiger partial charge in [-0.1, -0.05) is 17.7 Å². The molecule has 1 aliphatic rings. The van der Waals surface area contributed by atoms with Gasteiger partial charge in [0.2, 0.25) is 0 Å². The number of nitrogens with zero attached hydrogens (tertiary/aromatic N) is 2. The molecule has 1 unspecified atom stereocenters. The van der Waals surface area contributed by atoms with Gasteiger partial charge in [0.25, 0.3) is 0 Å². The molecule has 0 fully saturated rings. The fourth-order valence-corrected chi connectivity index (χ4v) is 0.988. The van der Waals surface area contributed by atoms with Gasteiger partial charge in [0.1, 0.15) is 6.29 Å². The summed E-state index contributed by atoms with van der Waals surface area (Å²) in [6, 6.07) is 0. The molecule has 0 radical (unpaired) electrons. The maximum atomic E-state index is 10.3. The van der Waals surface area contributed by atoms with Crippen LogP contribution < -0.4 is 0 Å². The Morgan fingerprint density at radius 2 is 2.45 bits per heavy atom. The minimum Gasteiger partial charge on any atom is -0.361 e. The Kier molecular flexibility index (Phi) is 2.36. The molecule has 0 heterocycles. The molecule has 1 aliphatic carbocycles. The number of aldehydes is 1. The predicted molar refractivity (Wildman–Crippen MR) is 41.3 cm³/mol. The Bertz CT molecular complexity index is 287. The molecule has 11 heavy (non-hydrogen) atoms. The maximum Gasteiger partial charge on any atom is 0.316 e. The minimum absolute atomic E-state index is 0.355. The minimum atomic E-state index is -0.387. The van der Waals surface area contributed by atoms with Gasteiger partial charge in [0, 0.05) is 17.2 Å². The SMILES string of the molecule is [N-]=[N+]=C1C=CC(C=O)C(Cl)=C1. The second-order valence-electron chi connectivity index (χ2n) is 2.08. The third-order valence-electron chi connectivity index (χ3n) is 1.34. The molecule has 0 bridgehead atoms. The average Bonchev–Trinajstić information content (AvgIpc) is 2.04.